The lowest BCUT2D eigenvalue weighted by molar-refractivity contribution is 0.382. The van der Waals surface area contributed by atoms with Crippen molar-refractivity contribution in [2.75, 3.05) is 6.54 Å². The van der Waals surface area contributed by atoms with Gasteiger partial charge < -0.3 is 10.4 Å². The molecule has 0 amide bonds. The minimum Gasteiger partial charge on any atom is -0.508 e. The van der Waals surface area contributed by atoms with Gasteiger partial charge in [-0.1, -0.05) is 25.1 Å². The van der Waals surface area contributed by atoms with Crippen molar-refractivity contribution in [2.24, 2.45) is 5.41 Å². The quantitative estimate of drug-likeness (QED) is 0.798. The highest BCUT2D eigenvalue weighted by molar-refractivity contribution is 5.31. The molecule has 0 spiro atoms. The topological polar surface area (TPSA) is 32.3 Å². The Morgan fingerprint density at radius 2 is 2.06 bits per heavy atom. The predicted octanol–water partition coefficient (Wildman–Crippen LogP) is 2.71. The Morgan fingerprint density at radius 1 is 1.38 bits per heavy atom. The van der Waals surface area contributed by atoms with Crippen LogP contribution in [-0.4, -0.2) is 17.7 Å². The largest absolute Gasteiger partial charge is 0.508 e. The van der Waals surface area contributed by atoms with Crippen LogP contribution in [0, 0.1) is 5.41 Å². The molecule has 0 aromatic heterocycles. The number of phenolic OH excluding ortho intramolecular Hbond substituents is 1. The highest BCUT2D eigenvalue weighted by Crippen LogP contribution is 2.47. The van der Waals surface area contributed by atoms with Crippen molar-refractivity contribution >= 4 is 0 Å². The Bertz CT molecular complexity index is 358. The fraction of sp³-hybridized carbons (Fsp3) is 0.571. The summed E-state index contributed by atoms with van der Waals surface area (Å²) in [7, 11) is 0. The monoisotopic (exact) mass is 219 g/mol. The zero-order valence-electron chi connectivity index (χ0n) is 10.2. The van der Waals surface area contributed by atoms with Crippen LogP contribution in [0.25, 0.3) is 0 Å². The fourth-order valence-electron chi connectivity index (χ4n) is 2.02. The van der Waals surface area contributed by atoms with Crippen molar-refractivity contribution in [1.82, 2.24) is 5.32 Å². The van der Waals surface area contributed by atoms with E-state index in [0.717, 1.165) is 18.5 Å². The zero-order valence-corrected chi connectivity index (χ0v) is 10.2. The average Bonchev–Trinajstić information content (AvgIpc) is 3.01. The molecule has 16 heavy (non-hydrogen) atoms. The zero-order chi connectivity index (χ0) is 11.6. The minimum atomic E-state index is 0.412. The van der Waals surface area contributed by atoms with E-state index in [0.29, 0.717) is 17.2 Å². The van der Waals surface area contributed by atoms with Crippen LogP contribution >= 0.6 is 0 Å². The number of phenols is 1. The van der Waals surface area contributed by atoms with Gasteiger partial charge in [0.1, 0.15) is 5.75 Å². The van der Waals surface area contributed by atoms with Crippen molar-refractivity contribution in [3.05, 3.63) is 29.8 Å². The molecule has 1 aromatic carbocycles. The lowest BCUT2D eigenvalue weighted by Crippen LogP contribution is -2.34. The molecule has 1 fully saturated rings. The van der Waals surface area contributed by atoms with E-state index in [1.807, 2.05) is 18.2 Å². The number of benzene rings is 1. The molecule has 1 saturated carbocycles. The Hall–Kier alpha value is -1.02. The molecule has 88 valence electrons. The molecule has 2 rings (SSSR count). The highest BCUT2D eigenvalue weighted by Gasteiger charge is 2.41. The van der Waals surface area contributed by atoms with Crippen LogP contribution in [0.2, 0.25) is 0 Å². The van der Waals surface area contributed by atoms with Gasteiger partial charge >= 0.3 is 0 Å². The standard InChI is InChI=1S/C14H21NO/c1-11(14(2)8-9-14)15-10-7-12-5-3-4-6-13(12)16/h3-6,11,15-16H,7-10H2,1-2H3. The number of hydrogen-bond acceptors (Lipinski definition) is 2. The highest BCUT2D eigenvalue weighted by atomic mass is 16.3. The van der Waals surface area contributed by atoms with Gasteiger partial charge in [0.25, 0.3) is 0 Å². The van der Waals surface area contributed by atoms with Crippen LogP contribution in [0.5, 0.6) is 5.75 Å². The first-order valence-corrected chi connectivity index (χ1v) is 6.12. The second kappa shape index (κ2) is 4.46. The van der Waals surface area contributed by atoms with E-state index in [-0.39, 0.29) is 0 Å². The van der Waals surface area contributed by atoms with E-state index in [1.165, 1.54) is 12.8 Å². The number of nitrogens with one attached hydrogen (secondary N) is 1. The van der Waals surface area contributed by atoms with Crippen molar-refractivity contribution in [3.8, 4) is 5.75 Å². The lowest BCUT2D eigenvalue weighted by Gasteiger charge is -2.20. The smallest absolute Gasteiger partial charge is 0.118 e. The van der Waals surface area contributed by atoms with E-state index in [2.05, 4.69) is 19.2 Å². The van der Waals surface area contributed by atoms with Gasteiger partial charge in [0.05, 0.1) is 0 Å². The second-order valence-electron chi connectivity index (χ2n) is 5.21. The van der Waals surface area contributed by atoms with Crippen LogP contribution in [0.15, 0.2) is 24.3 Å². The fourth-order valence-corrected chi connectivity index (χ4v) is 2.02. The summed E-state index contributed by atoms with van der Waals surface area (Å²) in [6.07, 6.45) is 3.59. The predicted molar refractivity (Wildman–Crippen MR) is 66.6 cm³/mol. The Kier molecular flexibility index (Phi) is 3.20. The van der Waals surface area contributed by atoms with Gasteiger partial charge in [0, 0.05) is 6.04 Å². The van der Waals surface area contributed by atoms with Gasteiger partial charge in [0.15, 0.2) is 0 Å². The molecule has 0 radical (unpaired) electrons. The normalized spacial score (nSPS) is 19.4. The molecule has 2 heteroatoms. The third kappa shape index (κ3) is 2.56. The first-order chi connectivity index (χ1) is 7.62. The van der Waals surface area contributed by atoms with E-state index in [1.54, 1.807) is 6.07 Å². The summed E-state index contributed by atoms with van der Waals surface area (Å²) < 4.78 is 0. The molecule has 2 nitrogen and oxygen atoms in total. The number of para-hydroxylation sites is 1. The molecule has 1 aliphatic carbocycles. The SMILES string of the molecule is CC(NCCc1ccccc1O)C1(C)CC1. The molecule has 0 aliphatic heterocycles. The number of aromatic hydroxyl groups is 1. The Balaban J connectivity index is 1.78. The minimum absolute atomic E-state index is 0.412. The maximum absolute atomic E-state index is 9.62. The van der Waals surface area contributed by atoms with Gasteiger partial charge in [-0.2, -0.15) is 0 Å². The van der Waals surface area contributed by atoms with Crippen LogP contribution in [0.1, 0.15) is 32.3 Å². The van der Waals surface area contributed by atoms with Gasteiger partial charge in [-0.25, -0.2) is 0 Å². The lowest BCUT2D eigenvalue weighted by atomic mass is 10.0. The van der Waals surface area contributed by atoms with E-state index in [4.69, 9.17) is 0 Å². The van der Waals surface area contributed by atoms with Crippen LogP contribution < -0.4 is 5.32 Å². The molecule has 0 saturated heterocycles. The molecular weight excluding hydrogens is 198 g/mol. The van der Waals surface area contributed by atoms with Crippen LogP contribution in [0.4, 0.5) is 0 Å². The summed E-state index contributed by atoms with van der Waals surface area (Å²) in [4.78, 5) is 0. The molecule has 1 unspecified atom stereocenters. The molecular formula is C14H21NO. The third-order valence-electron chi connectivity index (χ3n) is 3.92. The summed E-state index contributed by atoms with van der Waals surface area (Å²) in [5.74, 6) is 0.412. The summed E-state index contributed by atoms with van der Waals surface area (Å²) in [5, 5.41) is 13.2. The van der Waals surface area contributed by atoms with Crippen molar-refractivity contribution in [3.63, 3.8) is 0 Å². The average molecular weight is 219 g/mol. The Morgan fingerprint density at radius 3 is 2.69 bits per heavy atom. The second-order valence-corrected chi connectivity index (χ2v) is 5.21. The summed E-state index contributed by atoms with van der Waals surface area (Å²) in [5.41, 5.74) is 1.56. The first kappa shape index (κ1) is 11.5. The van der Waals surface area contributed by atoms with Crippen molar-refractivity contribution in [1.29, 1.82) is 0 Å². The first-order valence-electron chi connectivity index (χ1n) is 6.12. The van der Waals surface area contributed by atoms with Crippen molar-refractivity contribution in [2.45, 2.75) is 39.2 Å². The van der Waals surface area contributed by atoms with Crippen molar-refractivity contribution < 1.29 is 5.11 Å². The molecule has 2 N–H and O–H groups in total. The molecule has 0 bridgehead atoms. The van der Waals surface area contributed by atoms with Gasteiger partial charge in [-0.05, 0) is 49.8 Å². The number of hydrogen-bond donors (Lipinski definition) is 2. The molecule has 1 atom stereocenters. The maximum atomic E-state index is 9.62. The Labute approximate surface area is 97.7 Å². The number of rotatable bonds is 5. The van der Waals surface area contributed by atoms with Crippen LogP contribution in [-0.2, 0) is 6.42 Å². The third-order valence-corrected chi connectivity index (χ3v) is 3.92. The summed E-state index contributed by atoms with van der Waals surface area (Å²) in [6.45, 7) is 5.54. The van der Waals surface area contributed by atoms with Crippen LogP contribution in [0.3, 0.4) is 0 Å². The van der Waals surface area contributed by atoms with Gasteiger partial charge in [-0.3, -0.25) is 0 Å². The molecule has 0 heterocycles. The van der Waals surface area contributed by atoms with Gasteiger partial charge in [-0.15, -0.1) is 0 Å². The molecule has 1 aromatic rings. The summed E-state index contributed by atoms with van der Waals surface area (Å²) >= 11 is 0. The maximum Gasteiger partial charge on any atom is 0.118 e. The van der Waals surface area contributed by atoms with Gasteiger partial charge in [0.2, 0.25) is 0 Å². The summed E-state index contributed by atoms with van der Waals surface area (Å²) in [6, 6.07) is 8.15. The van der Waals surface area contributed by atoms with E-state index < -0.39 is 0 Å². The molecule has 1 aliphatic rings. The van der Waals surface area contributed by atoms with E-state index >= 15 is 0 Å². The van der Waals surface area contributed by atoms with E-state index in [9.17, 15) is 5.11 Å².